The van der Waals surface area contributed by atoms with E-state index >= 15 is 0 Å². The molecule has 7 unspecified atom stereocenters. The molecule has 10 atom stereocenters. The molecule has 6 fully saturated rings. The van der Waals surface area contributed by atoms with E-state index in [1.54, 1.807) is 0 Å². The molecule has 0 amide bonds. The van der Waals surface area contributed by atoms with Gasteiger partial charge in [-0.25, -0.2) is 0 Å². The number of carbonyl (C=O) groups is 3. The summed E-state index contributed by atoms with van der Waals surface area (Å²) < 4.78 is 5.98. The monoisotopic (exact) mass is 400 g/mol. The van der Waals surface area contributed by atoms with Crippen molar-refractivity contribution in [3.63, 3.8) is 0 Å². The summed E-state index contributed by atoms with van der Waals surface area (Å²) in [7, 11) is 0. The van der Waals surface area contributed by atoms with E-state index in [1.807, 2.05) is 0 Å². The van der Waals surface area contributed by atoms with Gasteiger partial charge in [0.2, 0.25) is 0 Å². The molecule has 1 aliphatic heterocycles. The van der Waals surface area contributed by atoms with Gasteiger partial charge in [0.05, 0.1) is 12.0 Å². The third-order valence-corrected chi connectivity index (χ3v) is 11.3. The standard InChI is InChI=1S/C24H32O5/c1-21-7-5-14(25)19-20(28)12(10-23(19,21)3)17-13-4-8-24(9-6-16(27)29-24)22(13,2)11-15(26)18(17)21/h12-13,15,17-19,26H,4-11H2,1-3H3/t12?,13?,15-,17?,18?,19?,21?,22?,23-,24-/m1/s1. The fourth-order valence-electron chi connectivity index (χ4n) is 9.90. The Hall–Kier alpha value is -1.23. The van der Waals surface area contributed by atoms with Gasteiger partial charge in [-0.2, -0.15) is 0 Å². The molecule has 2 bridgehead atoms. The van der Waals surface area contributed by atoms with E-state index in [1.165, 1.54) is 0 Å². The molecule has 1 heterocycles. The highest BCUT2D eigenvalue weighted by Gasteiger charge is 2.77. The largest absolute Gasteiger partial charge is 0.458 e. The number of rotatable bonds is 0. The van der Waals surface area contributed by atoms with Gasteiger partial charge in [-0.15, -0.1) is 0 Å². The number of ether oxygens (including phenoxy) is 1. The van der Waals surface area contributed by atoms with Crippen LogP contribution in [-0.4, -0.2) is 34.3 Å². The second-order valence-corrected chi connectivity index (χ2v) is 11.9. The minimum Gasteiger partial charge on any atom is -0.458 e. The summed E-state index contributed by atoms with van der Waals surface area (Å²) in [6.45, 7) is 6.61. The number of aliphatic hydroxyl groups excluding tert-OH is 1. The van der Waals surface area contributed by atoms with Crippen LogP contribution < -0.4 is 0 Å². The Morgan fingerprint density at radius 2 is 1.69 bits per heavy atom. The Bertz CT molecular complexity index is 850. The number of aliphatic hydroxyl groups is 1. The van der Waals surface area contributed by atoms with Crippen molar-refractivity contribution in [2.24, 2.45) is 45.8 Å². The van der Waals surface area contributed by atoms with Crippen molar-refractivity contribution in [3.8, 4) is 0 Å². The Kier molecular flexibility index (Phi) is 3.29. The number of hydrogen-bond acceptors (Lipinski definition) is 5. The van der Waals surface area contributed by atoms with Crippen LogP contribution in [0.4, 0.5) is 0 Å². The lowest BCUT2D eigenvalue weighted by atomic mass is 9.39. The van der Waals surface area contributed by atoms with Crippen LogP contribution >= 0.6 is 0 Å². The Labute approximate surface area is 171 Å². The van der Waals surface area contributed by atoms with E-state index < -0.39 is 17.6 Å². The molecule has 5 heteroatoms. The molecule has 5 nitrogen and oxygen atoms in total. The Morgan fingerprint density at radius 3 is 2.38 bits per heavy atom. The van der Waals surface area contributed by atoms with Gasteiger partial charge in [0.15, 0.2) is 0 Å². The molecule has 5 aliphatic carbocycles. The Balaban J connectivity index is 1.50. The lowest BCUT2D eigenvalue weighted by Gasteiger charge is -2.65. The first-order chi connectivity index (χ1) is 13.6. The zero-order valence-corrected chi connectivity index (χ0v) is 17.7. The highest BCUT2D eigenvalue weighted by molar-refractivity contribution is 6.07. The van der Waals surface area contributed by atoms with Crippen molar-refractivity contribution in [1.29, 1.82) is 0 Å². The molecule has 0 radical (unpaired) electrons. The van der Waals surface area contributed by atoms with Gasteiger partial charge in [-0.05, 0) is 67.1 Å². The first kappa shape index (κ1) is 18.5. The molecule has 1 saturated heterocycles. The molecule has 0 aromatic heterocycles. The van der Waals surface area contributed by atoms with Crippen molar-refractivity contribution in [1.82, 2.24) is 0 Å². The maximum Gasteiger partial charge on any atom is 0.306 e. The van der Waals surface area contributed by atoms with Crippen molar-refractivity contribution < 1.29 is 24.2 Å². The topological polar surface area (TPSA) is 80.7 Å². The van der Waals surface area contributed by atoms with E-state index in [0.29, 0.717) is 19.3 Å². The van der Waals surface area contributed by atoms with Crippen LogP contribution in [-0.2, 0) is 19.1 Å². The molecule has 29 heavy (non-hydrogen) atoms. The number of ketones is 2. The van der Waals surface area contributed by atoms with Crippen LogP contribution in [0.1, 0.15) is 72.1 Å². The number of fused-ring (bicyclic) bond motifs is 7. The fourth-order valence-corrected chi connectivity index (χ4v) is 9.90. The van der Waals surface area contributed by atoms with Crippen LogP contribution in [0, 0.1) is 45.8 Å². The summed E-state index contributed by atoms with van der Waals surface area (Å²) in [5.41, 5.74) is -1.28. The summed E-state index contributed by atoms with van der Waals surface area (Å²) in [6, 6.07) is 0. The van der Waals surface area contributed by atoms with Gasteiger partial charge < -0.3 is 9.84 Å². The molecule has 0 aromatic carbocycles. The summed E-state index contributed by atoms with van der Waals surface area (Å²) in [6.07, 6.45) is 5.14. The molecular formula is C24H32O5. The smallest absolute Gasteiger partial charge is 0.306 e. The van der Waals surface area contributed by atoms with Gasteiger partial charge >= 0.3 is 5.97 Å². The van der Waals surface area contributed by atoms with Gasteiger partial charge in [0.25, 0.3) is 0 Å². The van der Waals surface area contributed by atoms with E-state index in [4.69, 9.17) is 4.74 Å². The SMILES string of the molecule is CC12C[C@@H](O)C3C(C4C[C@]5(C)C(C(=O)CCC35C)C4=O)C1CC[C@@]21CCC(=O)O1. The van der Waals surface area contributed by atoms with Gasteiger partial charge in [0.1, 0.15) is 17.2 Å². The lowest BCUT2D eigenvalue weighted by molar-refractivity contribution is -0.220. The average Bonchev–Trinajstić information content (AvgIpc) is 3.24. The predicted octanol–water partition coefficient (Wildman–Crippen LogP) is 3.07. The zero-order valence-electron chi connectivity index (χ0n) is 17.7. The molecule has 1 N–H and O–H groups in total. The quantitative estimate of drug-likeness (QED) is 0.499. The molecule has 158 valence electrons. The average molecular weight is 401 g/mol. The van der Waals surface area contributed by atoms with Gasteiger partial charge in [-0.1, -0.05) is 20.8 Å². The summed E-state index contributed by atoms with van der Waals surface area (Å²) in [4.78, 5) is 38.5. The van der Waals surface area contributed by atoms with Crippen LogP contribution in [0.15, 0.2) is 0 Å². The fraction of sp³-hybridized carbons (Fsp3) is 0.875. The highest BCUT2D eigenvalue weighted by Crippen LogP contribution is 2.76. The van der Waals surface area contributed by atoms with Crippen molar-refractivity contribution in [3.05, 3.63) is 0 Å². The van der Waals surface area contributed by atoms with Gasteiger partial charge in [-0.3, -0.25) is 14.4 Å². The maximum atomic E-state index is 13.6. The molecule has 1 spiro atoms. The first-order valence-electron chi connectivity index (χ1n) is 11.5. The lowest BCUT2D eigenvalue weighted by Crippen LogP contribution is -2.64. The van der Waals surface area contributed by atoms with Crippen LogP contribution in [0.25, 0.3) is 0 Å². The minimum atomic E-state index is -0.512. The number of carbonyl (C=O) groups excluding carboxylic acids is 3. The van der Waals surface area contributed by atoms with Crippen LogP contribution in [0.2, 0.25) is 0 Å². The highest BCUT2D eigenvalue weighted by atomic mass is 16.6. The second-order valence-electron chi connectivity index (χ2n) is 11.9. The normalized spacial score (nSPS) is 60.3. The van der Waals surface area contributed by atoms with Crippen molar-refractivity contribution in [2.45, 2.75) is 83.8 Å². The minimum absolute atomic E-state index is 0.0543. The Morgan fingerprint density at radius 1 is 0.931 bits per heavy atom. The van der Waals surface area contributed by atoms with E-state index in [0.717, 1.165) is 32.1 Å². The second kappa shape index (κ2) is 5.15. The number of Topliss-reactive ketones (excluding diaryl/α,β-unsaturated/α-hetero) is 2. The molecular weight excluding hydrogens is 368 g/mol. The van der Waals surface area contributed by atoms with Crippen molar-refractivity contribution >= 4 is 17.5 Å². The summed E-state index contributed by atoms with van der Waals surface area (Å²) >= 11 is 0. The van der Waals surface area contributed by atoms with E-state index in [2.05, 4.69) is 20.8 Å². The van der Waals surface area contributed by atoms with Crippen LogP contribution in [0.3, 0.4) is 0 Å². The molecule has 0 aromatic rings. The molecule has 6 rings (SSSR count). The number of esters is 1. The van der Waals surface area contributed by atoms with E-state index in [-0.39, 0.29) is 57.5 Å². The maximum absolute atomic E-state index is 13.6. The summed E-state index contributed by atoms with van der Waals surface area (Å²) in [5, 5.41) is 11.6. The third-order valence-electron chi connectivity index (χ3n) is 11.3. The molecule has 6 aliphatic rings. The third kappa shape index (κ3) is 1.79. The number of hydrogen-bond donors (Lipinski definition) is 1. The van der Waals surface area contributed by atoms with Crippen molar-refractivity contribution in [2.75, 3.05) is 0 Å². The van der Waals surface area contributed by atoms with Crippen LogP contribution in [0.5, 0.6) is 0 Å². The van der Waals surface area contributed by atoms with Gasteiger partial charge in [0, 0.05) is 24.2 Å². The van der Waals surface area contributed by atoms with E-state index in [9.17, 15) is 19.5 Å². The molecule has 5 saturated carbocycles. The zero-order chi connectivity index (χ0) is 20.6. The predicted molar refractivity (Wildman–Crippen MR) is 104 cm³/mol. The first-order valence-corrected chi connectivity index (χ1v) is 11.5. The summed E-state index contributed by atoms with van der Waals surface area (Å²) in [5.74, 6) is -0.0245.